The molecule has 0 rings (SSSR count). The maximum atomic E-state index is 12.9. The molecule has 0 aliphatic rings. The average Bonchev–Trinajstić information content (AvgIpc) is 3.39. The maximum Gasteiger partial charge on any atom is 0.306 e. The third-order valence-electron chi connectivity index (χ3n) is 15.0. The molecule has 430 valence electrons. The van der Waals surface area contributed by atoms with Gasteiger partial charge in [0, 0.05) is 19.3 Å². The van der Waals surface area contributed by atoms with Gasteiger partial charge in [-0.2, -0.15) is 0 Å². The van der Waals surface area contributed by atoms with Gasteiger partial charge in [-0.05, 0) is 51.4 Å². The van der Waals surface area contributed by atoms with Gasteiger partial charge in [0.2, 0.25) is 0 Å². The Morgan fingerprint density at radius 3 is 0.767 bits per heavy atom. The molecule has 0 bridgehead atoms. The Hall–Kier alpha value is -2.11. The number of rotatable bonds is 61. The second-order valence-electron chi connectivity index (χ2n) is 22.4. The van der Waals surface area contributed by atoms with E-state index in [0.717, 1.165) is 70.6 Å². The minimum absolute atomic E-state index is 0.0684. The Balaban J connectivity index is 4.27. The van der Waals surface area contributed by atoms with Gasteiger partial charge in [0.1, 0.15) is 13.2 Å². The van der Waals surface area contributed by atoms with Crippen molar-refractivity contribution in [2.45, 2.75) is 374 Å². The van der Waals surface area contributed by atoms with Crippen molar-refractivity contribution < 1.29 is 28.6 Å². The first-order valence-corrected chi connectivity index (χ1v) is 32.8. The summed E-state index contributed by atoms with van der Waals surface area (Å²) in [6.07, 6.45) is 74.7. The molecular formula is C67H126O6. The summed E-state index contributed by atoms with van der Waals surface area (Å²) in [6.45, 7) is 6.69. The van der Waals surface area contributed by atoms with Crippen molar-refractivity contribution in [1.82, 2.24) is 0 Å². The van der Waals surface area contributed by atoms with Crippen molar-refractivity contribution in [3.8, 4) is 0 Å². The van der Waals surface area contributed by atoms with Crippen LogP contribution in [0.15, 0.2) is 24.3 Å². The van der Waals surface area contributed by atoms with Crippen LogP contribution in [-0.2, 0) is 28.6 Å². The molecule has 6 heteroatoms. The summed E-state index contributed by atoms with van der Waals surface area (Å²) in [4.78, 5) is 38.3. The highest BCUT2D eigenvalue weighted by molar-refractivity contribution is 5.71. The molecule has 0 aromatic heterocycles. The summed E-state index contributed by atoms with van der Waals surface area (Å²) in [7, 11) is 0. The fraction of sp³-hybridized carbons (Fsp3) is 0.896. The standard InChI is InChI=1S/C67H126O6/c1-4-7-10-13-16-19-22-25-28-30-32-33-34-35-36-38-39-42-45-48-51-54-57-60-66(69)72-63-64(62-71-65(68)59-56-53-50-47-44-41-27-24-21-18-15-12-9-6-3)73-67(70)61-58-55-52-49-46-43-40-37-31-29-26-23-20-17-14-11-8-5-2/h20,23,29,31,64H,4-19,21-22,24-28,30,32-63H2,1-3H3/b23-20-,31-29-. The van der Waals surface area contributed by atoms with Crippen LogP contribution in [0.4, 0.5) is 0 Å². The van der Waals surface area contributed by atoms with Crippen molar-refractivity contribution in [2.75, 3.05) is 13.2 Å². The predicted octanol–water partition coefficient (Wildman–Crippen LogP) is 22.2. The zero-order valence-electron chi connectivity index (χ0n) is 49.4. The molecule has 0 fully saturated rings. The molecule has 6 nitrogen and oxygen atoms in total. The van der Waals surface area contributed by atoms with Gasteiger partial charge in [-0.25, -0.2) is 0 Å². The molecule has 0 saturated heterocycles. The molecule has 0 amide bonds. The van der Waals surface area contributed by atoms with E-state index in [4.69, 9.17) is 14.2 Å². The smallest absolute Gasteiger partial charge is 0.306 e. The molecular weight excluding hydrogens is 901 g/mol. The van der Waals surface area contributed by atoms with Crippen molar-refractivity contribution in [3.05, 3.63) is 24.3 Å². The number of hydrogen-bond acceptors (Lipinski definition) is 6. The van der Waals surface area contributed by atoms with E-state index >= 15 is 0 Å². The van der Waals surface area contributed by atoms with Gasteiger partial charge >= 0.3 is 17.9 Å². The topological polar surface area (TPSA) is 78.9 Å². The van der Waals surface area contributed by atoms with Crippen molar-refractivity contribution in [1.29, 1.82) is 0 Å². The van der Waals surface area contributed by atoms with Crippen LogP contribution in [0.5, 0.6) is 0 Å². The summed E-state index contributed by atoms with van der Waals surface area (Å²) in [5.74, 6) is -0.847. The Morgan fingerprint density at radius 2 is 0.493 bits per heavy atom. The lowest BCUT2D eigenvalue weighted by Gasteiger charge is -2.18. The van der Waals surface area contributed by atoms with Gasteiger partial charge in [-0.3, -0.25) is 14.4 Å². The molecule has 0 aliphatic heterocycles. The molecule has 0 saturated carbocycles. The molecule has 0 aliphatic carbocycles. The van der Waals surface area contributed by atoms with E-state index in [1.165, 1.54) is 257 Å². The number of hydrogen-bond donors (Lipinski definition) is 0. The Labute approximate surface area is 455 Å². The summed E-state index contributed by atoms with van der Waals surface area (Å²) in [6, 6.07) is 0. The molecule has 73 heavy (non-hydrogen) atoms. The van der Waals surface area contributed by atoms with Crippen LogP contribution in [-0.4, -0.2) is 37.2 Å². The fourth-order valence-corrected chi connectivity index (χ4v) is 10.0. The first-order valence-electron chi connectivity index (χ1n) is 32.8. The number of carbonyl (C=O) groups is 3. The molecule has 0 radical (unpaired) electrons. The number of carbonyl (C=O) groups excluding carboxylic acids is 3. The third-order valence-corrected chi connectivity index (χ3v) is 15.0. The van der Waals surface area contributed by atoms with E-state index in [9.17, 15) is 14.4 Å². The molecule has 0 heterocycles. The van der Waals surface area contributed by atoms with Crippen LogP contribution in [0.25, 0.3) is 0 Å². The zero-order valence-corrected chi connectivity index (χ0v) is 49.4. The molecule has 0 N–H and O–H groups in total. The van der Waals surface area contributed by atoms with Gasteiger partial charge in [0.15, 0.2) is 6.10 Å². The highest BCUT2D eigenvalue weighted by Gasteiger charge is 2.19. The molecule has 0 aromatic carbocycles. The summed E-state index contributed by atoms with van der Waals surface area (Å²) >= 11 is 0. The Morgan fingerprint density at radius 1 is 0.274 bits per heavy atom. The van der Waals surface area contributed by atoms with E-state index in [0.29, 0.717) is 19.3 Å². The van der Waals surface area contributed by atoms with Gasteiger partial charge < -0.3 is 14.2 Å². The van der Waals surface area contributed by atoms with Crippen LogP contribution < -0.4 is 0 Å². The lowest BCUT2D eigenvalue weighted by Crippen LogP contribution is -2.30. The monoisotopic (exact) mass is 1030 g/mol. The maximum absolute atomic E-state index is 12.9. The minimum atomic E-state index is -0.772. The summed E-state index contributed by atoms with van der Waals surface area (Å²) in [5, 5.41) is 0. The Bertz CT molecular complexity index is 1180. The van der Waals surface area contributed by atoms with Gasteiger partial charge in [0.25, 0.3) is 0 Å². The van der Waals surface area contributed by atoms with Crippen LogP contribution in [0.3, 0.4) is 0 Å². The molecule has 0 spiro atoms. The summed E-state index contributed by atoms with van der Waals surface area (Å²) < 4.78 is 17.0. The molecule has 1 unspecified atom stereocenters. The fourth-order valence-electron chi connectivity index (χ4n) is 10.0. The second kappa shape index (κ2) is 62.4. The van der Waals surface area contributed by atoms with Crippen molar-refractivity contribution in [3.63, 3.8) is 0 Å². The lowest BCUT2D eigenvalue weighted by atomic mass is 10.0. The third kappa shape index (κ3) is 60.6. The van der Waals surface area contributed by atoms with Gasteiger partial charge in [-0.1, -0.05) is 321 Å². The van der Waals surface area contributed by atoms with Crippen molar-refractivity contribution >= 4 is 17.9 Å². The number of esters is 3. The van der Waals surface area contributed by atoms with E-state index in [-0.39, 0.29) is 31.1 Å². The number of ether oxygens (including phenoxy) is 3. The van der Waals surface area contributed by atoms with Gasteiger partial charge in [0.05, 0.1) is 0 Å². The average molecular weight is 1030 g/mol. The van der Waals surface area contributed by atoms with Crippen molar-refractivity contribution in [2.24, 2.45) is 0 Å². The van der Waals surface area contributed by atoms with E-state index in [1.807, 2.05) is 0 Å². The summed E-state index contributed by atoms with van der Waals surface area (Å²) in [5.41, 5.74) is 0. The normalized spacial score (nSPS) is 12.1. The highest BCUT2D eigenvalue weighted by Crippen LogP contribution is 2.18. The van der Waals surface area contributed by atoms with Gasteiger partial charge in [-0.15, -0.1) is 0 Å². The van der Waals surface area contributed by atoms with E-state index in [2.05, 4.69) is 45.1 Å². The first kappa shape index (κ1) is 70.9. The first-order chi connectivity index (χ1) is 36.0. The largest absolute Gasteiger partial charge is 0.462 e. The lowest BCUT2D eigenvalue weighted by molar-refractivity contribution is -0.167. The molecule has 1 atom stereocenters. The Kier molecular flexibility index (Phi) is 60.6. The van der Waals surface area contributed by atoms with E-state index in [1.54, 1.807) is 0 Å². The van der Waals surface area contributed by atoms with Crippen LogP contribution in [0, 0.1) is 0 Å². The highest BCUT2D eigenvalue weighted by atomic mass is 16.6. The zero-order chi connectivity index (χ0) is 52.9. The predicted molar refractivity (Wildman–Crippen MR) is 316 cm³/mol. The molecule has 0 aromatic rings. The SMILES string of the molecule is CCCCCC/C=C\C/C=C\CCCCCCCCCC(=O)OC(COC(=O)CCCCCCCCCCCCCCCC)COC(=O)CCCCCCCCCCCCCCCCCCCCCCCCC. The quantitative estimate of drug-likeness (QED) is 0.0261. The second-order valence-corrected chi connectivity index (χ2v) is 22.4. The van der Waals surface area contributed by atoms with Crippen LogP contribution in [0.1, 0.15) is 367 Å². The minimum Gasteiger partial charge on any atom is -0.462 e. The number of unbranched alkanes of at least 4 members (excludes halogenated alkanes) is 46. The van der Waals surface area contributed by atoms with Crippen LogP contribution >= 0.6 is 0 Å². The van der Waals surface area contributed by atoms with Crippen LogP contribution in [0.2, 0.25) is 0 Å². The number of allylic oxidation sites excluding steroid dienone is 4. The van der Waals surface area contributed by atoms with E-state index < -0.39 is 6.10 Å².